The maximum Gasteiger partial charge on any atom is 0.197 e. The Morgan fingerprint density at radius 3 is 2.15 bits per heavy atom. The van der Waals surface area contributed by atoms with Crippen LogP contribution in [-0.2, 0) is 4.74 Å². The van der Waals surface area contributed by atoms with E-state index in [1.807, 2.05) is 61.5 Å². The van der Waals surface area contributed by atoms with E-state index in [1.165, 1.54) is 0 Å². The zero-order valence-corrected chi connectivity index (χ0v) is 12.0. The average Bonchev–Trinajstić information content (AvgIpc) is 2.48. The van der Waals surface area contributed by atoms with Crippen molar-refractivity contribution in [3.8, 4) is 17.2 Å². The molecule has 0 aliphatic rings. The number of para-hydroxylation sites is 1. The number of alkyl halides is 1. The fourth-order valence-electron chi connectivity index (χ4n) is 1.65. The number of benzene rings is 2. The number of hydrogen-bond acceptors (Lipinski definition) is 3. The van der Waals surface area contributed by atoms with Gasteiger partial charge in [0.2, 0.25) is 0 Å². The Balaban J connectivity index is 1.89. The van der Waals surface area contributed by atoms with Gasteiger partial charge in [-0.2, -0.15) is 0 Å². The van der Waals surface area contributed by atoms with Gasteiger partial charge in [-0.15, -0.1) is 11.6 Å². The summed E-state index contributed by atoms with van der Waals surface area (Å²) >= 11 is 5.55. The molecule has 0 amide bonds. The van der Waals surface area contributed by atoms with Crippen molar-refractivity contribution in [2.75, 3.05) is 12.5 Å². The Morgan fingerprint density at radius 2 is 1.50 bits per heavy atom. The van der Waals surface area contributed by atoms with E-state index in [2.05, 4.69) is 0 Å². The highest BCUT2D eigenvalue weighted by atomic mass is 35.5. The van der Waals surface area contributed by atoms with Crippen molar-refractivity contribution >= 4 is 11.6 Å². The first-order valence-electron chi connectivity index (χ1n) is 6.45. The highest BCUT2D eigenvalue weighted by Gasteiger charge is 2.04. The van der Waals surface area contributed by atoms with Gasteiger partial charge in [0.1, 0.15) is 17.2 Å². The zero-order valence-electron chi connectivity index (χ0n) is 11.3. The average molecular weight is 293 g/mol. The normalized spacial score (nSPS) is 11.9. The molecule has 0 radical (unpaired) electrons. The first-order valence-corrected chi connectivity index (χ1v) is 6.98. The lowest BCUT2D eigenvalue weighted by Crippen LogP contribution is -2.17. The molecule has 2 aromatic carbocycles. The van der Waals surface area contributed by atoms with Crippen LogP contribution in [0.15, 0.2) is 54.6 Å². The Bertz CT molecular complexity index is 499. The molecule has 1 unspecified atom stereocenters. The van der Waals surface area contributed by atoms with Crippen molar-refractivity contribution in [2.24, 2.45) is 0 Å². The van der Waals surface area contributed by atoms with Gasteiger partial charge < -0.3 is 14.2 Å². The molecular weight excluding hydrogens is 276 g/mol. The van der Waals surface area contributed by atoms with E-state index in [-0.39, 0.29) is 6.29 Å². The summed E-state index contributed by atoms with van der Waals surface area (Å²) in [5.74, 6) is 2.75. The van der Waals surface area contributed by atoms with Crippen molar-refractivity contribution in [3.05, 3.63) is 54.6 Å². The van der Waals surface area contributed by atoms with Crippen LogP contribution in [0.4, 0.5) is 0 Å². The largest absolute Gasteiger partial charge is 0.465 e. The predicted molar refractivity (Wildman–Crippen MR) is 79.7 cm³/mol. The summed E-state index contributed by atoms with van der Waals surface area (Å²) in [5.41, 5.74) is 0. The number of ether oxygens (including phenoxy) is 3. The Hall–Kier alpha value is -1.71. The van der Waals surface area contributed by atoms with Crippen LogP contribution in [0.25, 0.3) is 0 Å². The van der Waals surface area contributed by atoms with E-state index in [0.717, 1.165) is 17.2 Å². The minimum atomic E-state index is -0.324. The molecule has 0 fully saturated rings. The Morgan fingerprint density at radius 1 is 0.900 bits per heavy atom. The second-order valence-corrected chi connectivity index (χ2v) is 4.51. The molecule has 0 aliphatic carbocycles. The lowest BCUT2D eigenvalue weighted by atomic mass is 10.3. The molecule has 0 heterocycles. The third-order valence-corrected chi connectivity index (χ3v) is 2.69. The van der Waals surface area contributed by atoms with Gasteiger partial charge in [0, 0.05) is 5.88 Å². The molecule has 0 aliphatic heterocycles. The number of hydrogen-bond donors (Lipinski definition) is 0. The fraction of sp³-hybridized carbons (Fsp3) is 0.250. The van der Waals surface area contributed by atoms with Gasteiger partial charge in [-0.1, -0.05) is 18.2 Å². The van der Waals surface area contributed by atoms with Crippen LogP contribution in [0.3, 0.4) is 0 Å². The quantitative estimate of drug-likeness (QED) is 0.557. The Kier molecular flexibility index (Phi) is 5.71. The first kappa shape index (κ1) is 14.7. The monoisotopic (exact) mass is 292 g/mol. The van der Waals surface area contributed by atoms with Gasteiger partial charge in [0.05, 0.1) is 6.61 Å². The van der Waals surface area contributed by atoms with Crippen LogP contribution in [0, 0.1) is 0 Å². The third kappa shape index (κ3) is 4.76. The molecule has 20 heavy (non-hydrogen) atoms. The van der Waals surface area contributed by atoms with Crippen molar-refractivity contribution < 1.29 is 14.2 Å². The standard InChI is InChI=1S/C16H17ClO3/c1-13(18-12-11-17)19-15-7-9-16(10-8-15)20-14-5-3-2-4-6-14/h2-10,13H,11-12H2,1H3. The van der Waals surface area contributed by atoms with E-state index in [1.54, 1.807) is 0 Å². The molecular formula is C16H17ClO3. The summed E-state index contributed by atoms with van der Waals surface area (Å²) in [5, 5.41) is 0. The van der Waals surface area contributed by atoms with Crippen LogP contribution in [0.2, 0.25) is 0 Å². The molecule has 2 rings (SSSR count). The topological polar surface area (TPSA) is 27.7 Å². The first-order chi connectivity index (χ1) is 9.78. The fourth-order valence-corrected chi connectivity index (χ4v) is 1.74. The summed E-state index contributed by atoms with van der Waals surface area (Å²) in [7, 11) is 0. The minimum absolute atomic E-state index is 0.324. The molecule has 0 saturated carbocycles. The molecule has 0 spiro atoms. The van der Waals surface area contributed by atoms with Gasteiger partial charge in [0.25, 0.3) is 0 Å². The van der Waals surface area contributed by atoms with Crippen LogP contribution in [0.5, 0.6) is 17.2 Å². The van der Waals surface area contributed by atoms with Crippen LogP contribution in [-0.4, -0.2) is 18.8 Å². The van der Waals surface area contributed by atoms with Crippen LogP contribution >= 0.6 is 11.6 Å². The number of rotatable bonds is 7. The highest BCUT2D eigenvalue weighted by Crippen LogP contribution is 2.24. The summed E-state index contributed by atoms with van der Waals surface area (Å²) in [6, 6.07) is 17.0. The van der Waals surface area contributed by atoms with Gasteiger partial charge in [-0.3, -0.25) is 0 Å². The van der Waals surface area contributed by atoms with Gasteiger partial charge in [-0.25, -0.2) is 0 Å². The van der Waals surface area contributed by atoms with Crippen molar-refractivity contribution in [1.29, 1.82) is 0 Å². The second kappa shape index (κ2) is 7.78. The van der Waals surface area contributed by atoms with Gasteiger partial charge in [0.15, 0.2) is 6.29 Å². The van der Waals surface area contributed by atoms with E-state index in [4.69, 9.17) is 25.8 Å². The van der Waals surface area contributed by atoms with Crippen molar-refractivity contribution in [2.45, 2.75) is 13.2 Å². The van der Waals surface area contributed by atoms with Crippen LogP contribution in [0.1, 0.15) is 6.92 Å². The molecule has 0 N–H and O–H groups in total. The van der Waals surface area contributed by atoms with Crippen molar-refractivity contribution in [3.63, 3.8) is 0 Å². The zero-order chi connectivity index (χ0) is 14.2. The summed E-state index contributed by atoms with van der Waals surface area (Å²) in [6.45, 7) is 2.30. The van der Waals surface area contributed by atoms with Gasteiger partial charge >= 0.3 is 0 Å². The highest BCUT2D eigenvalue weighted by molar-refractivity contribution is 6.17. The Labute approximate surface area is 124 Å². The lowest BCUT2D eigenvalue weighted by Gasteiger charge is -2.15. The molecule has 2 aromatic rings. The molecule has 106 valence electrons. The van der Waals surface area contributed by atoms with Gasteiger partial charge in [-0.05, 0) is 43.3 Å². The predicted octanol–water partition coefficient (Wildman–Crippen LogP) is 4.46. The molecule has 0 aromatic heterocycles. The van der Waals surface area contributed by atoms with E-state index >= 15 is 0 Å². The van der Waals surface area contributed by atoms with Crippen molar-refractivity contribution in [1.82, 2.24) is 0 Å². The summed E-state index contributed by atoms with van der Waals surface area (Å²) in [6.07, 6.45) is -0.324. The molecule has 1 atom stereocenters. The smallest absolute Gasteiger partial charge is 0.197 e. The number of halogens is 1. The van der Waals surface area contributed by atoms with E-state index < -0.39 is 0 Å². The maximum absolute atomic E-state index is 5.70. The molecule has 0 saturated heterocycles. The second-order valence-electron chi connectivity index (χ2n) is 4.13. The SMILES string of the molecule is CC(OCCCl)Oc1ccc(Oc2ccccc2)cc1. The molecule has 4 heteroatoms. The van der Waals surface area contributed by atoms with E-state index in [9.17, 15) is 0 Å². The molecule has 0 bridgehead atoms. The van der Waals surface area contributed by atoms with Crippen LogP contribution < -0.4 is 9.47 Å². The molecule has 3 nitrogen and oxygen atoms in total. The lowest BCUT2D eigenvalue weighted by molar-refractivity contribution is -0.0605. The maximum atomic E-state index is 5.70. The summed E-state index contributed by atoms with van der Waals surface area (Å²) < 4.78 is 16.6. The minimum Gasteiger partial charge on any atom is -0.465 e. The van der Waals surface area contributed by atoms with E-state index in [0.29, 0.717) is 12.5 Å². The third-order valence-electron chi connectivity index (χ3n) is 2.53. The summed E-state index contributed by atoms with van der Waals surface area (Å²) in [4.78, 5) is 0.